The number of benzene rings is 2. The van der Waals surface area contributed by atoms with E-state index >= 15 is 0 Å². The average Bonchev–Trinajstić information content (AvgIpc) is 2.59. The molecule has 4 N–H and O–H groups in total. The lowest BCUT2D eigenvalue weighted by atomic mass is 10.1. The molecule has 0 heterocycles. The molecule has 0 fully saturated rings. The van der Waals surface area contributed by atoms with Crippen LogP contribution in [0.15, 0.2) is 53.4 Å². The van der Waals surface area contributed by atoms with Gasteiger partial charge < -0.3 is 10.6 Å². The number of amides is 1. The highest BCUT2D eigenvalue weighted by Gasteiger charge is 2.15. The van der Waals surface area contributed by atoms with Crippen molar-refractivity contribution in [3.05, 3.63) is 64.2 Å². The van der Waals surface area contributed by atoms with Crippen molar-refractivity contribution >= 4 is 27.3 Å². The van der Waals surface area contributed by atoms with E-state index in [2.05, 4.69) is 10.6 Å². The number of nitro benzene ring substituents is 1. The lowest BCUT2D eigenvalue weighted by Gasteiger charge is -2.14. The molecule has 26 heavy (non-hydrogen) atoms. The van der Waals surface area contributed by atoms with Gasteiger partial charge in [0.2, 0.25) is 15.9 Å². The van der Waals surface area contributed by atoms with E-state index in [1.165, 1.54) is 30.3 Å². The number of primary sulfonamides is 1. The summed E-state index contributed by atoms with van der Waals surface area (Å²) in [6.07, 6.45) is 0. The predicted octanol–water partition coefficient (Wildman–Crippen LogP) is 1.53. The van der Waals surface area contributed by atoms with Gasteiger partial charge in [-0.2, -0.15) is 0 Å². The van der Waals surface area contributed by atoms with Crippen LogP contribution in [0.1, 0.15) is 18.5 Å². The highest BCUT2D eigenvalue weighted by Crippen LogP contribution is 2.23. The number of sulfonamides is 1. The summed E-state index contributed by atoms with van der Waals surface area (Å²) in [6.45, 7) is 1.72. The van der Waals surface area contributed by atoms with Crippen molar-refractivity contribution < 1.29 is 18.1 Å². The minimum atomic E-state index is -3.76. The topological polar surface area (TPSA) is 144 Å². The first-order chi connectivity index (χ1) is 12.2. The third-order valence-electron chi connectivity index (χ3n) is 3.65. The molecule has 0 unspecified atom stereocenters. The zero-order valence-electron chi connectivity index (χ0n) is 13.9. The van der Waals surface area contributed by atoms with Gasteiger partial charge in [0.25, 0.3) is 5.69 Å². The van der Waals surface area contributed by atoms with Gasteiger partial charge in [-0.3, -0.25) is 14.9 Å². The molecule has 9 nitrogen and oxygen atoms in total. The van der Waals surface area contributed by atoms with Gasteiger partial charge in [-0.1, -0.05) is 24.3 Å². The summed E-state index contributed by atoms with van der Waals surface area (Å²) < 4.78 is 22.5. The van der Waals surface area contributed by atoms with Crippen LogP contribution in [-0.4, -0.2) is 25.8 Å². The summed E-state index contributed by atoms with van der Waals surface area (Å²) in [7, 11) is -3.76. The maximum absolute atomic E-state index is 12.0. The fourth-order valence-corrected chi connectivity index (χ4v) is 2.76. The van der Waals surface area contributed by atoms with Gasteiger partial charge >= 0.3 is 0 Å². The Bertz CT molecular complexity index is 912. The number of carbonyl (C=O) groups is 1. The fraction of sp³-hybridized carbons (Fsp3) is 0.188. The van der Waals surface area contributed by atoms with Crippen molar-refractivity contribution in [3.63, 3.8) is 0 Å². The minimum Gasteiger partial charge on any atom is -0.319 e. The first-order valence-electron chi connectivity index (χ1n) is 7.58. The maximum atomic E-state index is 12.0. The number of hydrogen-bond donors (Lipinski definition) is 3. The second kappa shape index (κ2) is 8.04. The third-order valence-corrected chi connectivity index (χ3v) is 4.58. The summed E-state index contributed by atoms with van der Waals surface area (Å²) in [5.41, 5.74) is 0.692. The molecule has 0 aromatic heterocycles. The fourth-order valence-electron chi connectivity index (χ4n) is 2.24. The Hall–Kier alpha value is -2.82. The second-order valence-electron chi connectivity index (χ2n) is 5.54. The van der Waals surface area contributed by atoms with E-state index in [0.29, 0.717) is 0 Å². The number of hydrogen-bond acceptors (Lipinski definition) is 6. The molecule has 0 aliphatic rings. The molecule has 2 aromatic carbocycles. The molecule has 1 amide bonds. The van der Waals surface area contributed by atoms with E-state index in [1.54, 1.807) is 25.1 Å². The number of nitrogens with two attached hydrogens (primary N) is 1. The molecule has 0 spiro atoms. The summed E-state index contributed by atoms with van der Waals surface area (Å²) >= 11 is 0. The zero-order valence-corrected chi connectivity index (χ0v) is 14.7. The lowest BCUT2D eigenvalue weighted by molar-refractivity contribution is -0.383. The minimum absolute atomic E-state index is 0.00239. The van der Waals surface area contributed by atoms with Crippen molar-refractivity contribution in [3.8, 4) is 0 Å². The Morgan fingerprint density at radius 2 is 1.81 bits per heavy atom. The molecule has 0 aliphatic heterocycles. The Morgan fingerprint density at radius 1 is 1.19 bits per heavy atom. The largest absolute Gasteiger partial charge is 0.319 e. The van der Waals surface area contributed by atoms with E-state index in [9.17, 15) is 23.3 Å². The molecular formula is C16H18N4O5S. The van der Waals surface area contributed by atoms with E-state index in [1.807, 2.05) is 0 Å². The third kappa shape index (κ3) is 5.09. The molecule has 0 bridgehead atoms. The number of para-hydroxylation sites is 2. The van der Waals surface area contributed by atoms with Gasteiger partial charge in [-0.15, -0.1) is 0 Å². The second-order valence-corrected chi connectivity index (χ2v) is 7.10. The lowest BCUT2D eigenvalue weighted by Crippen LogP contribution is -2.30. The maximum Gasteiger partial charge on any atom is 0.292 e. The average molecular weight is 378 g/mol. The molecule has 2 rings (SSSR count). The molecule has 0 saturated carbocycles. The molecule has 138 valence electrons. The first-order valence-corrected chi connectivity index (χ1v) is 9.12. The van der Waals surface area contributed by atoms with Crippen molar-refractivity contribution in [2.24, 2.45) is 5.14 Å². The van der Waals surface area contributed by atoms with Crippen molar-refractivity contribution in [2.45, 2.75) is 17.9 Å². The Labute approximate surface area is 150 Å². The van der Waals surface area contributed by atoms with Gasteiger partial charge in [0.05, 0.1) is 16.4 Å². The molecule has 2 aromatic rings. The molecule has 0 radical (unpaired) electrons. The van der Waals surface area contributed by atoms with E-state index in [0.717, 1.165) is 5.56 Å². The monoisotopic (exact) mass is 378 g/mol. The van der Waals surface area contributed by atoms with Crippen molar-refractivity contribution in [2.75, 3.05) is 11.9 Å². The quantitative estimate of drug-likeness (QED) is 0.492. The van der Waals surface area contributed by atoms with Crippen LogP contribution >= 0.6 is 0 Å². The molecule has 0 aliphatic carbocycles. The summed E-state index contributed by atoms with van der Waals surface area (Å²) in [6, 6.07) is 11.6. The number of nitrogens with zero attached hydrogens (tertiary/aromatic N) is 1. The Kier molecular flexibility index (Phi) is 6.03. The van der Waals surface area contributed by atoms with Gasteiger partial charge in [0.1, 0.15) is 5.69 Å². The Morgan fingerprint density at radius 3 is 2.38 bits per heavy atom. The smallest absolute Gasteiger partial charge is 0.292 e. The van der Waals surface area contributed by atoms with Gasteiger partial charge in [0.15, 0.2) is 0 Å². The first kappa shape index (κ1) is 19.5. The van der Waals surface area contributed by atoms with Crippen LogP contribution in [-0.2, 0) is 14.8 Å². The molecular weight excluding hydrogens is 360 g/mol. The number of carbonyl (C=O) groups excluding carboxylic acids is 1. The van der Waals surface area contributed by atoms with Gasteiger partial charge in [-0.05, 0) is 30.7 Å². The van der Waals surface area contributed by atoms with Crippen LogP contribution in [0, 0.1) is 10.1 Å². The van der Waals surface area contributed by atoms with E-state index in [-0.39, 0.29) is 28.9 Å². The number of nitrogens with one attached hydrogen (secondary N) is 2. The highest BCUT2D eigenvalue weighted by atomic mass is 32.2. The summed E-state index contributed by atoms with van der Waals surface area (Å²) in [4.78, 5) is 22.4. The normalized spacial score (nSPS) is 12.4. The summed E-state index contributed by atoms with van der Waals surface area (Å²) in [5, 5.41) is 21.4. The van der Waals surface area contributed by atoms with E-state index in [4.69, 9.17) is 5.14 Å². The summed E-state index contributed by atoms with van der Waals surface area (Å²) in [5.74, 6) is -0.438. The number of nitro groups is 1. The molecule has 1 atom stereocenters. The zero-order chi connectivity index (χ0) is 19.3. The SMILES string of the molecule is C[C@@H](NCC(=O)Nc1ccccc1[N+](=O)[O-])c1ccc(S(N)(=O)=O)cc1. The van der Waals surface area contributed by atoms with Crippen LogP contribution < -0.4 is 15.8 Å². The highest BCUT2D eigenvalue weighted by molar-refractivity contribution is 7.89. The van der Waals surface area contributed by atoms with E-state index < -0.39 is 20.9 Å². The van der Waals surface area contributed by atoms with Crippen molar-refractivity contribution in [1.82, 2.24) is 5.32 Å². The standard InChI is InChI=1S/C16H18N4O5S/c1-11(12-6-8-13(9-7-12)26(17,24)25)18-10-16(21)19-14-4-2-3-5-15(14)20(22)23/h2-9,11,18H,10H2,1H3,(H,19,21)(H2,17,24,25)/t11-/m1/s1. The number of rotatable bonds is 7. The van der Waals surface area contributed by atoms with Crippen LogP contribution in [0.25, 0.3) is 0 Å². The predicted molar refractivity (Wildman–Crippen MR) is 96.0 cm³/mol. The van der Waals surface area contributed by atoms with Crippen LogP contribution in [0.4, 0.5) is 11.4 Å². The van der Waals surface area contributed by atoms with Crippen LogP contribution in [0.3, 0.4) is 0 Å². The Balaban J connectivity index is 1.96. The number of anilines is 1. The van der Waals surface area contributed by atoms with Crippen molar-refractivity contribution in [1.29, 1.82) is 0 Å². The van der Waals surface area contributed by atoms with Crippen LogP contribution in [0.2, 0.25) is 0 Å². The molecule has 0 saturated heterocycles. The van der Waals surface area contributed by atoms with Crippen LogP contribution in [0.5, 0.6) is 0 Å². The van der Waals surface area contributed by atoms with Gasteiger partial charge in [-0.25, -0.2) is 13.6 Å². The van der Waals surface area contributed by atoms with Gasteiger partial charge in [0, 0.05) is 12.1 Å². The molecule has 10 heteroatoms.